The first-order chi connectivity index (χ1) is 5.79. The van der Waals surface area contributed by atoms with Crippen molar-refractivity contribution in [2.24, 2.45) is 0 Å². The van der Waals surface area contributed by atoms with E-state index in [1.54, 1.807) is 11.8 Å². The molecular formula is C10H13NO. The fourth-order valence-electron chi connectivity index (χ4n) is 1.30. The van der Waals surface area contributed by atoms with Crippen molar-refractivity contribution in [1.29, 1.82) is 0 Å². The van der Waals surface area contributed by atoms with Crippen molar-refractivity contribution in [1.82, 2.24) is 4.90 Å². The van der Waals surface area contributed by atoms with Gasteiger partial charge in [-0.05, 0) is 13.3 Å². The van der Waals surface area contributed by atoms with Crippen LogP contribution in [-0.4, -0.2) is 23.4 Å². The molecule has 1 rings (SSSR count). The Bertz CT molecular complexity index is 244. The summed E-state index contributed by atoms with van der Waals surface area (Å²) in [4.78, 5) is 12.8. The molecule has 0 spiro atoms. The Kier molecular flexibility index (Phi) is 2.93. The number of amides is 1. The third-order valence-electron chi connectivity index (χ3n) is 2.04. The van der Waals surface area contributed by atoms with Gasteiger partial charge in [-0.2, -0.15) is 0 Å². The summed E-state index contributed by atoms with van der Waals surface area (Å²) in [6.45, 7) is 6.01. The van der Waals surface area contributed by atoms with Crippen LogP contribution in [0, 0.1) is 11.8 Å². The van der Waals surface area contributed by atoms with Crippen molar-refractivity contribution in [3.63, 3.8) is 0 Å². The Balaban J connectivity index is 2.42. The zero-order valence-corrected chi connectivity index (χ0v) is 7.34. The van der Waals surface area contributed by atoms with E-state index in [1.807, 2.05) is 6.08 Å². The number of nitrogens with zero attached hydrogens (tertiary/aromatic N) is 1. The smallest absolute Gasteiger partial charge is 0.225 e. The molecular weight excluding hydrogens is 150 g/mol. The number of likely N-dealkylation sites (tertiary alicyclic amines) is 1. The van der Waals surface area contributed by atoms with Gasteiger partial charge in [-0.3, -0.25) is 4.79 Å². The van der Waals surface area contributed by atoms with Gasteiger partial charge in [0.1, 0.15) is 0 Å². The lowest BCUT2D eigenvalue weighted by atomic mass is 9.99. The topological polar surface area (TPSA) is 20.3 Å². The van der Waals surface area contributed by atoms with Crippen LogP contribution >= 0.6 is 0 Å². The Morgan fingerprint density at radius 2 is 2.58 bits per heavy atom. The zero-order chi connectivity index (χ0) is 8.97. The molecule has 12 heavy (non-hydrogen) atoms. The van der Waals surface area contributed by atoms with Gasteiger partial charge in [-0.15, -0.1) is 12.5 Å². The molecule has 0 radical (unpaired) electrons. The summed E-state index contributed by atoms with van der Waals surface area (Å²) >= 11 is 0. The highest BCUT2D eigenvalue weighted by molar-refractivity contribution is 5.83. The minimum Gasteiger partial charge on any atom is -0.328 e. The number of rotatable bonds is 3. The third kappa shape index (κ3) is 1.68. The minimum absolute atomic E-state index is 0.213. The minimum atomic E-state index is 0.213. The number of hydrogen-bond acceptors (Lipinski definition) is 1. The molecule has 64 valence electrons. The van der Waals surface area contributed by atoms with Crippen molar-refractivity contribution in [2.45, 2.75) is 25.8 Å². The summed E-state index contributed by atoms with van der Waals surface area (Å²) in [5.74, 6) is 5.88. The number of carbonyl (C=O) groups excluding carboxylic acids is 1. The van der Waals surface area contributed by atoms with E-state index in [0.717, 1.165) is 6.42 Å². The molecule has 1 amide bonds. The van der Waals surface area contributed by atoms with E-state index in [-0.39, 0.29) is 5.91 Å². The van der Waals surface area contributed by atoms with Crippen LogP contribution in [0.25, 0.3) is 0 Å². The molecule has 2 heteroatoms. The standard InChI is InChI=1S/C10H13NO/c1-3-5-7-11-9(6-4-2)8-10(11)12/h4,9H,2,6-8H2,1H3. The summed E-state index contributed by atoms with van der Waals surface area (Å²) in [5, 5.41) is 0. The molecule has 0 aromatic rings. The van der Waals surface area contributed by atoms with E-state index in [1.165, 1.54) is 0 Å². The summed E-state index contributed by atoms with van der Waals surface area (Å²) in [7, 11) is 0. The fourth-order valence-corrected chi connectivity index (χ4v) is 1.30. The Morgan fingerprint density at radius 3 is 3.08 bits per heavy atom. The summed E-state index contributed by atoms with van der Waals surface area (Å²) in [5.41, 5.74) is 0. The number of β-lactam (4-membered cyclic amide) rings is 1. The van der Waals surface area contributed by atoms with Crippen molar-refractivity contribution in [3.8, 4) is 11.8 Å². The second kappa shape index (κ2) is 3.96. The van der Waals surface area contributed by atoms with Crippen LogP contribution in [0.4, 0.5) is 0 Å². The lowest BCUT2D eigenvalue weighted by Crippen LogP contribution is -2.52. The monoisotopic (exact) mass is 163 g/mol. The molecule has 1 atom stereocenters. The molecule has 0 saturated carbocycles. The van der Waals surface area contributed by atoms with Crippen LogP contribution in [0.3, 0.4) is 0 Å². The average Bonchev–Trinajstić information content (AvgIpc) is 2.05. The molecule has 0 aliphatic carbocycles. The Labute approximate surface area is 73.2 Å². The third-order valence-corrected chi connectivity index (χ3v) is 2.04. The van der Waals surface area contributed by atoms with Crippen LogP contribution in [0.2, 0.25) is 0 Å². The first-order valence-electron chi connectivity index (χ1n) is 4.09. The van der Waals surface area contributed by atoms with Crippen LogP contribution in [0.1, 0.15) is 19.8 Å². The van der Waals surface area contributed by atoms with Gasteiger partial charge in [-0.25, -0.2) is 0 Å². The van der Waals surface area contributed by atoms with Gasteiger partial charge in [0, 0.05) is 12.5 Å². The van der Waals surface area contributed by atoms with Crippen molar-refractivity contribution >= 4 is 5.91 Å². The maximum absolute atomic E-state index is 11.0. The van der Waals surface area contributed by atoms with E-state index in [0.29, 0.717) is 19.0 Å². The van der Waals surface area contributed by atoms with E-state index >= 15 is 0 Å². The van der Waals surface area contributed by atoms with Crippen molar-refractivity contribution < 1.29 is 4.79 Å². The molecule has 1 saturated heterocycles. The van der Waals surface area contributed by atoms with Gasteiger partial charge in [0.25, 0.3) is 0 Å². The van der Waals surface area contributed by atoms with Gasteiger partial charge in [0.15, 0.2) is 0 Å². The second-order valence-electron chi connectivity index (χ2n) is 2.83. The fraction of sp³-hybridized carbons (Fsp3) is 0.500. The molecule has 1 aliphatic rings. The Hall–Kier alpha value is -1.23. The lowest BCUT2D eigenvalue weighted by molar-refractivity contribution is -0.144. The van der Waals surface area contributed by atoms with Gasteiger partial charge in [-0.1, -0.05) is 12.0 Å². The summed E-state index contributed by atoms with van der Waals surface area (Å²) < 4.78 is 0. The van der Waals surface area contributed by atoms with Crippen LogP contribution in [0.15, 0.2) is 12.7 Å². The number of hydrogen-bond donors (Lipinski definition) is 0. The molecule has 1 heterocycles. The SMILES string of the molecule is C=CCC1CC(=O)N1CC#CC. The maximum atomic E-state index is 11.0. The van der Waals surface area contributed by atoms with Crippen LogP contribution < -0.4 is 0 Å². The largest absolute Gasteiger partial charge is 0.328 e. The van der Waals surface area contributed by atoms with Gasteiger partial charge in [0.05, 0.1) is 6.54 Å². The molecule has 1 fully saturated rings. The lowest BCUT2D eigenvalue weighted by Gasteiger charge is -2.38. The van der Waals surface area contributed by atoms with Crippen molar-refractivity contribution in [3.05, 3.63) is 12.7 Å². The molecule has 0 bridgehead atoms. The summed E-state index contributed by atoms with van der Waals surface area (Å²) in [6, 6.07) is 0.357. The quantitative estimate of drug-likeness (QED) is 0.347. The van der Waals surface area contributed by atoms with E-state index in [9.17, 15) is 4.79 Å². The predicted octanol–water partition coefficient (Wildman–Crippen LogP) is 1.19. The maximum Gasteiger partial charge on any atom is 0.225 e. The predicted molar refractivity (Wildman–Crippen MR) is 48.4 cm³/mol. The normalized spacial score (nSPS) is 20.9. The Morgan fingerprint density at radius 1 is 1.83 bits per heavy atom. The molecule has 2 nitrogen and oxygen atoms in total. The second-order valence-corrected chi connectivity index (χ2v) is 2.83. The van der Waals surface area contributed by atoms with Crippen molar-refractivity contribution in [2.75, 3.05) is 6.54 Å². The molecule has 1 unspecified atom stereocenters. The van der Waals surface area contributed by atoms with E-state index in [4.69, 9.17) is 0 Å². The van der Waals surface area contributed by atoms with Crippen LogP contribution in [-0.2, 0) is 4.79 Å². The highest BCUT2D eigenvalue weighted by Gasteiger charge is 2.33. The molecule has 0 aromatic heterocycles. The number of carbonyl (C=O) groups is 1. The van der Waals surface area contributed by atoms with E-state index in [2.05, 4.69) is 18.4 Å². The first kappa shape index (κ1) is 8.86. The van der Waals surface area contributed by atoms with Gasteiger partial charge >= 0.3 is 0 Å². The van der Waals surface area contributed by atoms with Crippen LogP contribution in [0.5, 0.6) is 0 Å². The van der Waals surface area contributed by atoms with Gasteiger partial charge in [0.2, 0.25) is 5.91 Å². The molecule has 0 aromatic carbocycles. The first-order valence-corrected chi connectivity index (χ1v) is 4.09. The highest BCUT2D eigenvalue weighted by Crippen LogP contribution is 2.21. The zero-order valence-electron chi connectivity index (χ0n) is 7.34. The average molecular weight is 163 g/mol. The molecule has 1 aliphatic heterocycles. The molecule has 0 N–H and O–H groups in total. The van der Waals surface area contributed by atoms with E-state index < -0.39 is 0 Å². The highest BCUT2D eigenvalue weighted by atomic mass is 16.2. The van der Waals surface area contributed by atoms with Gasteiger partial charge < -0.3 is 4.90 Å². The summed E-state index contributed by atoms with van der Waals surface area (Å²) in [6.07, 6.45) is 3.40.